The number of carbonyl (C=O) groups excluding carboxylic acids is 2. The molecule has 12 nitrogen and oxygen atoms in total. The molecule has 2 aliphatic rings. The molecule has 2 aliphatic heterocycles. The van der Waals surface area contributed by atoms with E-state index >= 15 is 0 Å². The van der Waals surface area contributed by atoms with Gasteiger partial charge in [-0.3, -0.25) is 9.69 Å². The number of esters is 1. The number of nitrogens with one attached hydrogen (secondary N) is 1. The Bertz CT molecular complexity index is 1300. The molecule has 1 N–H and O–H groups in total. The number of unbranched alkanes of at least 4 members (excludes halogenated alkanes) is 1. The number of carbonyl (C=O) groups is 2. The zero-order chi connectivity index (χ0) is 29.4. The highest BCUT2D eigenvalue weighted by atomic mass is 16.6. The number of hydrogen-bond acceptors (Lipinski definition) is 10. The Labute approximate surface area is 239 Å². The van der Waals surface area contributed by atoms with Gasteiger partial charge in [0.2, 0.25) is 6.04 Å². The summed E-state index contributed by atoms with van der Waals surface area (Å²) in [5.41, 5.74) is 1.82. The summed E-state index contributed by atoms with van der Waals surface area (Å²) in [4.78, 5) is 40.2. The molecule has 2 aromatic rings. The van der Waals surface area contributed by atoms with Gasteiger partial charge in [0.15, 0.2) is 18.1 Å². The van der Waals surface area contributed by atoms with Crippen molar-refractivity contribution in [3.8, 4) is 0 Å². The Balaban J connectivity index is 1.52. The molecule has 0 spiro atoms. The molecule has 12 heteroatoms. The fraction of sp³-hybridized carbons (Fsp3) is 0.586. The second kappa shape index (κ2) is 14.3. The van der Waals surface area contributed by atoms with Crippen LogP contribution in [0.3, 0.4) is 0 Å². The van der Waals surface area contributed by atoms with E-state index in [1.807, 2.05) is 30.3 Å². The maximum Gasteiger partial charge on any atom is 0.519 e. The minimum Gasteiger partial charge on any atom is -0.457 e. The van der Waals surface area contributed by atoms with E-state index in [-0.39, 0.29) is 42.2 Å². The molecule has 222 valence electrons. The van der Waals surface area contributed by atoms with Crippen LogP contribution in [0.5, 0.6) is 0 Å². The fourth-order valence-electron chi connectivity index (χ4n) is 5.19. The van der Waals surface area contributed by atoms with Gasteiger partial charge in [-0.25, -0.2) is 9.59 Å². The Kier molecular flexibility index (Phi) is 10.6. The molecule has 0 bridgehead atoms. The molecule has 3 heterocycles. The third-order valence-corrected chi connectivity index (χ3v) is 7.26. The Morgan fingerprint density at radius 2 is 1.95 bits per heavy atom. The molecule has 0 aliphatic carbocycles. The molecular formula is C29H40N5O7+. The largest absolute Gasteiger partial charge is 0.519 e. The van der Waals surface area contributed by atoms with Crippen molar-refractivity contribution < 1.29 is 32.6 Å². The lowest BCUT2D eigenvalue weighted by atomic mass is 9.94. The van der Waals surface area contributed by atoms with Gasteiger partial charge in [0.05, 0.1) is 23.7 Å². The molecule has 4 rings (SSSR count). The zero-order valence-electron chi connectivity index (χ0n) is 24.2. The predicted octanol–water partition coefficient (Wildman–Crippen LogP) is 4.03. The van der Waals surface area contributed by atoms with E-state index in [1.165, 1.54) is 4.68 Å². The van der Waals surface area contributed by atoms with Gasteiger partial charge >= 0.3 is 17.8 Å². The average Bonchev–Trinajstić information content (AvgIpc) is 3.54. The van der Waals surface area contributed by atoms with Crippen molar-refractivity contribution >= 4 is 17.7 Å². The minimum atomic E-state index is -0.834. The van der Waals surface area contributed by atoms with Crippen molar-refractivity contribution in [3.05, 3.63) is 58.0 Å². The van der Waals surface area contributed by atoms with Crippen LogP contribution >= 0.6 is 0 Å². The van der Waals surface area contributed by atoms with Crippen molar-refractivity contribution in [1.29, 1.82) is 0 Å². The molecule has 1 saturated heterocycles. The van der Waals surface area contributed by atoms with Gasteiger partial charge in [0.1, 0.15) is 5.71 Å². The van der Waals surface area contributed by atoms with Crippen LogP contribution in [0, 0.1) is 18.8 Å². The quantitative estimate of drug-likeness (QED) is 0.229. The molecule has 1 fully saturated rings. The Morgan fingerprint density at radius 1 is 1.17 bits per heavy atom. The van der Waals surface area contributed by atoms with Crippen LogP contribution in [-0.2, 0) is 20.9 Å². The van der Waals surface area contributed by atoms with Gasteiger partial charge in [-0.15, -0.1) is 0 Å². The number of aryl methyl sites for hydroxylation is 1. The maximum absolute atomic E-state index is 14.1. The van der Waals surface area contributed by atoms with Gasteiger partial charge < -0.3 is 23.6 Å². The number of methoxy groups -OCH3 is 1. The number of urea groups is 1. The first-order chi connectivity index (χ1) is 19.8. The summed E-state index contributed by atoms with van der Waals surface area (Å²) in [6, 6.07) is 9.01. The molecule has 1 aromatic carbocycles. The molecular weight excluding hydrogens is 530 g/mol. The summed E-state index contributed by atoms with van der Waals surface area (Å²) in [7, 11) is 1.68. The van der Waals surface area contributed by atoms with Gasteiger partial charge in [-0.1, -0.05) is 48.9 Å². The average molecular weight is 571 g/mol. The van der Waals surface area contributed by atoms with E-state index in [0.717, 1.165) is 24.1 Å². The number of ether oxygens (including phenoxy) is 2. The standard InChI is InChI=1S/C29H40N5O7/c1-19(2)17-33(23-14-22(15-30-16-23)27(35)39-18-25-20(3)40-29(37)41-25)28(36)34-24(12-8-9-13-38-4)26(31-32-34)21-10-6-5-7-11-21/h5-7,10-11,19,22-23,26,30H,8-9,12-18H2,1-4H3/q+1/t22-,23+,26?/m1/s1. The monoisotopic (exact) mass is 570 g/mol. The van der Waals surface area contributed by atoms with Crippen LogP contribution in [0.15, 0.2) is 54.3 Å². The summed E-state index contributed by atoms with van der Waals surface area (Å²) in [5.74, 6) is -1.10. The van der Waals surface area contributed by atoms with E-state index < -0.39 is 17.7 Å². The first-order valence-corrected chi connectivity index (χ1v) is 14.2. The summed E-state index contributed by atoms with van der Waals surface area (Å²) in [6.45, 7) is 7.57. The summed E-state index contributed by atoms with van der Waals surface area (Å²) < 4.78 is 21.9. The molecule has 1 aromatic heterocycles. The molecule has 3 atom stereocenters. The smallest absolute Gasteiger partial charge is 0.457 e. The third kappa shape index (κ3) is 7.76. The molecule has 0 saturated carbocycles. The van der Waals surface area contributed by atoms with Crippen LogP contribution in [0.4, 0.5) is 4.79 Å². The number of benzene rings is 1. The summed E-state index contributed by atoms with van der Waals surface area (Å²) in [6.07, 6.45) is 2.77. The van der Waals surface area contributed by atoms with Gasteiger partial charge in [-0.2, -0.15) is 0 Å². The van der Waals surface area contributed by atoms with Crippen molar-refractivity contribution in [3.63, 3.8) is 0 Å². The number of amides is 2. The topological polar surface area (TPSA) is 139 Å². The lowest BCUT2D eigenvalue weighted by Gasteiger charge is -2.34. The normalized spacial score (nSPS) is 20.6. The molecule has 41 heavy (non-hydrogen) atoms. The van der Waals surface area contributed by atoms with Crippen LogP contribution in [0.2, 0.25) is 0 Å². The highest BCUT2D eigenvalue weighted by molar-refractivity contribution is 5.91. The number of hydrogen-bond donors (Lipinski definition) is 1. The highest BCUT2D eigenvalue weighted by Crippen LogP contribution is 2.28. The first kappa shape index (κ1) is 30.3. The number of piperidine rings is 1. The van der Waals surface area contributed by atoms with E-state index in [1.54, 1.807) is 18.9 Å². The Morgan fingerprint density at radius 3 is 2.63 bits per heavy atom. The lowest BCUT2D eigenvalue weighted by molar-refractivity contribution is -0.447. The van der Waals surface area contributed by atoms with Crippen molar-refractivity contribution in [2.45, 2.75) is 65.1 Å². The highest BCUT2D eigenvalue weighted by Gasteiger charge is 2.42. The van der Waals surface area contributed by atoms with Crippen LogP contribution < -0.4 is 11.1 Å². The number of nitrogens with zero attached hydrogens (tertiary/aromatic N) is 4. The Hall–Kier alpha value is -3.64. The zero-order valence-corrected chi connectivity index (χ0v) is 24.2. The molecule has 1 unspecified atom stereocenters. The van der Waals surface area contributed by atoms with E-state index in [2.05, 4.69) is 29.5 Å². The fourth-order valence-corrected chi connectivity index (χ4v) is 5.19. The predicted molar refractivity (Wildman–Crippen MR) is 149 cm³/mol. The first-order valence-electron chi connectivity index (χ1n) is 14.2. The van der Waals surface area contributed by atoms with Crippen molar-refractivity contribution in [2.24, 2.45) is 22.2 Å². The number of rotatable bonds is 12. The van der Waals surface area contributed by atoms with Crippen LogP contribution in [0.25, 0.3) is 0 Å². The van der Waals surface area contributed by atoms with Gasteiger partial charge in [-0.05, 0) is 37.2 Å². The maximum atomic E-state index is 14.1. The second-order valence-electron chi connectivity index (χ2n) is 10.9. The van der Waals surface area contributed by atoms with E-state index in [9.17, 15) is 14.4 Å². The third-order valence-electron chi connectivity index (χ3n) is 7.26. The van der Waals surface area contributed by atoms with Crippen molar-refractivity contribution in [2.75, 3.05) is 33.4 Å². The van der Waals surface area contributed by atoms with Gasteiger partial charge in [0, 0.05) is 38.8 Å². The molecule has 2 amide bonds. The SMILES string of the molecule is COCCCCC1=[N+](C(=O)N(CC(C)C)[C@@H]2CNC[C@H](C(=O)OCc3oc(=O)oc3C)C2)N=NC1c1ccccc1. The summed E-state index contributed by atoms with van der Waals surface area (Å²) in [5, 5.41) is 12.2. The second-order valence-corrected chi connectivity index (χ2v) is 10.9. The minimum absolute atomic E-state index is 0.182. The van der Waals surface area contributed by atoms with Crippen molar-refractivity contribution in [1.82, 2.24) is 10.2 Å². The van der Waals surface area contributed by atoms with E-state index in [0.29, 0.717) is 39.1 Å². The van der Waals surface area contributed by atoms with Crippen LogP contribution in [-0.4, -0.2) is 66.7 Å². The van der Waals surface area contributed by atoms with Crippen LogP contribution in [0.1, 0.15) is 62.7 Å². The molecule has 0 radical (unpaired) electrons. The van der Waals surface area contributed by atoms with Gasteiger partial charge in [0.25, 0.3) is 0 Å². The van der Waals surface area contributed by atoms with E-state index in [4.69, 9.17) is 18.3 Å². The summed E-state index contributed by atoms with van der Waals surface area (Å²) >= 11 is 0. The lowest BCUT2D eigenvalue weighted by Crippen LogP contribution is -2.55.